The molecule has 1 heterocycles. The average molecular weight is 629 g/mol. The molecule has 10 nitrogen and oxygen atoms in total. The molecule has 0 radical (unpaired) electrons. The van der Waals surface area contributed by atoms with Crippen molar-refractivity contribution in [1.82, 2.24) is 24.5 Å². The van der Waals surface area contributed by atoms with E-state index in [9.17, 15) is 17.2 Å². The van der Waals surface area contributed by atoms with Gasteiger partial charge in [0.1, 0.15) is 10.6 Å². The second-order valence-electron chi connectivity index (χ2n) is 8.81. The molecule has 0 aliphatic heterocycles. The van der Waals surface area contributed by atoms with Crippen molar-refractivity contribution in [3.05, 3.63) is 46.4 Å². The number of hydrogen-bond donors (Lipinski definition) is 1. The van der Waals surface area contributed by atoms with Gasteiger partial charge in [0.25, 0.3) is 0 Å². The normalized spacial score (nSPS) is 12.7. The molecule has 0 saturated carbocycles. The number of sulfonamides is 1. The molecule has 3 rings (SSSR count). The van der Waals surface area contributed by atoms with Gasteiger partial charge in [0, 0.05) is 17.6 Å². The van der Waals surface area contributed by atoms with Gasteiger partial charge in [-0.15, -0.1) is 10.2 Å². The van der Waals surface area contributed by atoms with E-state index in [2.05, 4.69) is 45.2 Å². The maximum Gasteiger partial charge on any atom is 0.245 e. The topological polar surface area (TPSA) is 128 Å². The van der Waals surface area contributed by atoms with E-state index < -0.39 is 21.1 Å². The zero-order valence-corrected chi connectivity index (χ0v) is 25.1. The summed E-state index contributed by atoms with van der Waals surface area (Å²) in [5.41, 5.74) is 1.01. The average Bonchev–Trinajstić information content (AvgIpc) is 3.35. The van der Waals surface area contributed by atoms with Crippen LogP contribution in [-0.2, 0) is 27.6 Å². The number of tetrazole rings is 1. The first-order valence-electron chi connectivity index (χ1n) is 12.6. The summed E-state index contributed by atoms with van der Waals surface area (Å²) in [6, 6.07) is 10.2. The van der Waals surface area contributed by atoms with Crippen molar-refractivity contribution < 1.29 is 21.9 Å². The fourth-order valence-corrected chi connectivity index (χ4v) is 7.40. The van der Waals surface area contributed by atoms with E-state index >= 15 is 0 Å². The monoisotopic (exact) mass is 627 g/mol. The molecule has 1 aromatic heterocycles. The molecule has 0 amide bonds. The van der Waals surface area contributed by atoms with Gasteiger partial charge in [-0.3, -0.25) is 0 Å². The predicted octanol–water partition coefficient (Wildman–Crippen LogP) is 5.11. The van der Waals surface area contributed by atoms with Crippen molar-refractivity contribution in [1.29, 1.82) is 0 Å². The SMILES string of the molecule is CCCCCN(CCCCC)S(=O)(=O)c1c(S(=O)O)ccc(Br)c1-c1nnn(Cc2ccc(OC)cc2)n1. The summed E-state index contributed by atoms with van der Waals surface area (Å²) >= 11 is 0.874. The molecule has 0 spiro atoms. The van der Waals surface area contributed by atoms with Gasteiger partial charge in [0.15, 0.2) is 11.1 Å². The summed E-state index contributed by atoms with van der Waals surface area (Å²) in [6.45, 7) is 5.04. The fourth-order valence-electron chi connectivity index (χ4n) is 4.00. The minimum absolute atomic E-state index is 0.0401. The largest absolute Gasteiger partial charge is 0.497 e. The van der Waals surface area contributed by atoms with Crippen LogP contribution in [0.4, 0.5) is 0 Å². The molecule has 0 aliphatic carbocycles. The van der Waals surface area contributed by atoms with Gasteiger partial charge in [-0.05, 0) is 63.8 Å². The lowest BCUT2D eigenvalue weighted by atomic mass is 10.2. The molecule has 1 unspecified atom stereocenters. The Labute approximate surface area is 235 Å². The van der Waals surface area contributed by atoms with Crippen LogP contribution in [0.2, 0.25) is 0 Å². The molecule has 1 atom stereocenters. The summed E-state index contributed by atoms with van der Waals surface area (Å²) in [6.07, 6.45) is 5.03. The number of ether oxygens (including phenoxy) is 1. The number of aromatic nitrogens is 4. The van der Waals surface area contributed by atoms with E-state index in [1.54, 1.807) is 7.11 Å². The summed E-state index contributed by atoms with van der Waals surface area (Å²) < 4.78 is 57.7. The Balaban J connectivity index is 2.07. The standard InChI is InChI=1S/C25H34BrN5O5S2/c1-4-6-8-16-30(17-9-7-5-2)38(34,35)24-22(37(32)33)15-14-21(26)23(24)25-27-29-31(28-25)18-19-10-12-20(36-3)13-11-19/h10-15H,4-9,16-18H2,1-3H3,(H,32,33). The highest BCUT2D eigenvalue weighted by molar-refractivity contribution is 9.10. The molecule has 0 bridgehead atoms. The van der Waals surface area contributed by atoms with Crippen LogP contribution in [0, 0.1) is 0 Å². The number of benzene rings is 2. The molecule has 208 valence electrons. The number of halogens is 1. The second kappa shape index (κ2) is 14.3. The van der Waals surface area contributed by atoms with Crippen LogP contribution in [0.3, 0.4) is 0 Å². The van der Waals surface area contributed by atoms with E-state index in [-0.39, 0.29) is 21.2 Å². The summed E-state index contributed by atoms with van der Waals surface area (Å²) in [7, 11) is -2.59. The first kappa shape index (κ1) is 30.4. The van der Waals surface area contributed by atoms with Crippen LogP contribution in [-0.4, -0.2) is 61.9 Å². The molecular weight excluding hydrogens is 594 g/mol. The van der Waals surface area contributed by atoms with Gasteiger partial charge < -0.3 is 9.29 Å². The number of methoxy groups -OCH3 is 1. The Morgan fingerprint density at radius 2 is 1.66 bits per heavy atom. The van der Waals surface area contributed by atoms with Crippen LogP contribution < -0.4 is 4.74 Å². The Bertz CT molecular complexity index is 1320. The molecule has 3 aromatic rings. The molecule has 0 saturated heterocycles. The van der Waals surface area contributed by atoms with E-state index in [1.165, 1.54) is 21.2 Å². The maximum atomic E-state index is 14.1. The van der Waals surface area contributed by atoms with Gasteiger partial charge in [-0.25, -0.2) is 12.6 Å². The Kier molecular flexibility index (Phi) is 11.4. The van der Waals surface area contributed by atoms with Gasteiger partial charge in [0.2, 0.25) is 15.8 Å². The third kappa shape index (κ3) is 7.47. The lowest BCUT2D eigenvalue weighted by Crippen LogP contribution is -2.34. The van der Waals surface area contributed by atoms with Gasteiger partial charge in [-0.2, -0.15) is 9.10 Å². The third-order valence-electron chi connectivity index (χ3n) is 6.04. The van der Waals surface area contributed by atoms with Crippen molar-refractivity contribution in [2.75, 3.05) is 20.2 Å². The molecule has 1 N–H and O–H groups in total. The van der Waals surface area contributed by atoms with Crippen LogP contribution in [0.1, 0.15) is 57.9 Å². The highest BCUT2D eigenvalue weighted by atomic mass is 79.9. The lowest BCUT2D eigenvalue weighted by molar-refractivity contribution is 0.387. The fraction of sp³-hybridized carbons (Fsp3) is 0.480. The van der Waals surface area contributed by atoms with E-state index in [4.69, 9.17) is 4.74 Å². The minimum atomic E-state index is -4.18. The summed E-state index contributed by atoms with van der Waals surface area (Å²) in [5.74, 6) is 0.759. The van der Waals surface area contributed by atoms with Gasteiger partial charge >= 0.3 is 0 Å². The molecule has 2 aromatic carbocycles. The number of nitrogens with zero attached hydrogens (tertiary/aromatic N) is 5. The zero-order chi connectivity index (χ0) is 27.7. The summed E-state index contributed by atoms with van der Waals surface area (Å²) in [4.78, 5) is 0.860. The van der Waals surface area contributed by atoms with Crippen molar-refractivity contribution in [3.8, 4) is 17.1 Å². The molecule has 38 heavy (non-hydrogen) atoms. The first-order chi connectivity index (χ1) is 18.2. The molecule has 13 heteroatoms. The maximum absolute atomic E-state index is 14.1. The summed E-state index contributed by atoms with van der Waals surface area (Å²) in [5, 5.41) is 12.7. The molecule has 0 fully saturated rings. The predicted molar refractivity (Wildman–Crippen MR) is 150 cm³/mol. The van der Waals surface area contributed by atoms with Crippen LogP contribution in [0.25, 0.3) is 11.4 Å². The lowest BCUT2D eigenvalue weighted by Gasteiger charge is -2.24. The molecule has 0 aliphatic rings. The Morgan fingerprint density at radius 1 is 1.03 bits per heavy atom. The van der Waals surface area contributed by atoms with Gasteiger partial charge in [0.05, 0.1) is 24.1 Å². The Hall–Kier alpha value is -2.19. The zero-order valence-electron chi connectivity index (χ0n) is 21.8. The van der Waals surface area contributed by atoms with E-state index in [0.717, 1.165) is 37.0 Å². The smallest absolute Gasteiger partial charge is 0.245 e. The number of rotatable bonds is 15. The highest BCUT2D eigenvalue weighted by Crippen LogP contribution is 2.38. The van der Waals surface area contributed by atoms with Gasteiger partial charge in [-0.1, -0.05) is 51.7 Å². The first-order valence-corrected chi connectivity index (χ1v) is 15.9. The van der Waals surface area contributed by atoms with Crippen molar-refractivity contribution in [3.63, 3.8) is 0 Å². The number of unbranched alkanes of at least 4 members (excludes halogenated alkanes) is 4. The Morgan fingerprint density at radius 3 is 2.21 bits per heavy atom. The minimum Gasteiger partial charge on any atom is -0.497 e. The van der Waals surface area contributed by atoms with E-state index in [0.29, 0.717) is 36.9 Å². The van der Waals surface area contributed by atoms with Crippen LogP contribution >= 0.6 is 15.9 Å². The van der Waals surface area contributed by atoms with Crippen molar-refractivity contribution in [2.45, 2.75) is 68.7 Å². The number of hydrogen-bond acceptors (Lipinski definition) is 7. The third-order valence-corrected chi connectivity index (χ3v) is 9.53. The van der Waals surface area contributed by atoms with Crippen LogP contribution in [0.15, 0.2) is 50.7 Å². The van der Waals surface area contributed by atoms with Crippen molar-refractivity contribution >= 4 is 37.0 Å². The van der Waals surface area contributed by atoms with Crippen molar-refractivity contribution in [2.24, 2.45) is 0 Å². The van der Waals surface area contributed by atoms with Crippen LogP contribution in [0.5, 0.6) is 5.75 Å². The highest BCUT2D eigenvalue weighted by Gasteiger charge is 2.34. The van der Waals surface area contributed by atoms with E-state index in [1.807, 2.05) is 24.3 Å². The second-order valence-corrected chi connectivity index (χ2v) is 12.5. The molecular formula is C25H34BrN5O5S2. The quantitative estimate of drug-likeness (QED) is 0.182.